The summed E-state index contributed by atoms with van der Waals surface area (Å²) in [5, 5.41) is 8.48. The molecule has 0 saturated carbocycles. The number of hydrogen-bond acceptors (Lipinski definition) is 3. The second-order valence-electron chi connectivity index (χ2n) is 5.24. The number of fused-ring (bicyclic) bond motifs is 1. The Bertz CT molecular complexity index is 719. The van der Waals surface area contributed by atoms with Gasteiger partial charge in [0.15, 0.2) is 0 Å². The van der Waals surface area contributed by atoms with E-state index in [1.807, 2.05) is 45.9 Å². The van der Waals surface area contributed by atoms with Gasteiger partial charge in [-0.05, 0) is 32.0 Å². The predicted molar refractivity (Wildman–Crippen MR) is 83.4 cm³/mol. The van der Waals surface area contributed by atoms with Crippen molar-refractivity contribution in [3.8, 4) is 0 Å². The first-order valence-electron chi connectivity index (χ1n) is 6.99. The number of pyridine rings is 1. The molecular weight excluding hydrogens is 286 g/mol. The summed E-state index contributed by atoms with van der Waals surface area (Å²) in [6, 6.07) is 6.28. The molecule has 0 aliphatic rings. The summed E-state index contributed by atoms with van der Waals surface area (Å²) in [5.41, 5.74) is 1.90. The van der Waals surface area contributed by atoms with Gasteiger partial charge in [-0.25, -0.2) is 4.98 Å². The summed E-state index contributed by atoms with van der Waals surface area (Å²) in [4.78, 5) is 4.57. The molecule has 3 aromatic heterocycles. The fourth-order valence-corrected chi connectivity index (χ4v) is 2.46. The van der Waals surface area contributed by atoms with Crippen molar-refractivity contribution in [2.45, 2.75) is 32.5 Å². The Morgan fingerprint density at radius 1 is 1.29 bits per heavy atom. The standard InChI is InChI=1S/C15H18ClN5/c1-11(12(2)21-7-3-6-18-21)17-8-14-10-20-9-13(16)4-5-15(20)19-14/h3-7,9-12,17H,8H2,1-2H3. The van der Waals surface area contributed by atoms with E-state index in [0.717, 1.165) is 11.3 Å². The van der Waals surface area contributed by atoms with Crippen LogP contribution in [0, 0.1) is 0 Å². The average molecular weight is 304 g/mol. The van der Waals surface area contributed by atoms with Gasteiger partial charge in [-0.2, -0.15) is 5.10 Å². The number of aromatic nitrogens is 4. The monoisotopic (exact) mass is 303 g/mol. The average Bonchev–Trinajstić information content (AvgIpc) is 3.12. The molecule has 21 heavy (non-hydrogen) atoms. The van der Waals surface area contributed by atoms with Gasteiger partial charge in [0.2, 0.25) is 0 Å². The number of halogens is 1. The van der Waals surface area contributed by atoms with E-state index in [0.29, 0.717) is 17.6 Å². The van der Waals surface area contributed by atoms with Gasteiger partial charge in [0.05, 0.1) is 16.8 Å². The van der Waals surface area contributed by atoms with Crippen molar-refractivity contribution < 1.29 is 0 Å². The zero-order valence-electron chi connectivity index (χ0n) is 12.1. The largest absolute Gasteiger partial charge is 0.306 e. The van der Waals surface area contributed by atoms with Crippen molar-refractivity contribution >= 4 is 17.2 Å². The molecule has 3 heterocycles. The predicted octanol–water partition coefficient (Wildman–Crippen LogP) is 2.92. The number of hydrogen-bond donors (Lipinski definition) is 1. The molecule has 1 N–H and O–H groups in total. The lowest BCUT2D eigenvalue weighted by Gasteiger charge is -2.21. The zero-order chi connectivity index (χ0) is 14.8. The van der Waals surface area contributed by atoms with Gasteiger partial charge < -0.3 is 9.72 Å². The second kappa shape index (κ2) is 5.87. The molecule has 0 fully saturated rings. The van der Waals surface area contributed by atoms with E-state index in [4.69, 9.17) is 11.6 Å². The van der Waals surface area contributed by atoms with Crippen LogP contribution in [0.3, 0.4) is 0 Å². The molecule has 0 amide bonds. The minimum atomic E-state index is 0.284. The molecule has 3 rings (SSSR count). The highest BCUT2D eigenvalue weighted by atomic mass is 35.5. The highest BCUT2D eigenvalue weighted by molar-refractivity contribution is 6.30. The second-order valence-corrected chi connectivity index (χ2v) is 5.68. The summed E-state index contributed by atoms with van der Waals surface area (Å²) in [6.07, 6.45) is 7.65. The molecule has 0 saturated heterocycles. The highest BCUT2D eigenvalue weighted by Crippen LogP contribution is 2.13. The molecular formula is C15H18ClN5. The third-order valence-electron chi connectivity index (χ3n) is 3.74. The number of rotatable bonds is 5. The molecule has 6 heteroatoms. The van der Waals surface area contributed by atoms with Gasteiger partial charge in [0, 0.05) is 37.4 Å². The Hall–Kier alpha value is -1.85. The number of nitrogens with zero attached hydrogens (tertiary/aromatic N) is 4. The van der Waals surface area contributed by atoms with Crippen LogP contribution >= 0.6 is 11.6 Å². The van der Waals surface area contributed by atoms with Crippen LogP contribution in [0.25, 0.3) is 5.65 Å². The van der Waals surface area contributed by atoms with Crippen molar-refractivity contribution in [2.24, 2.45) is 0 Å². The lowest BCUT2D eigenvalue weighted by atomic mass is 10.2. The quantitative estimate of drug-likeness (QED) is 0.788. The van der Waals surface area contributed by atoms with Crippen LogP contribution in [0.4, 0.5) is 0 Å². The maximum Gasteiger partial charge on any atom is 0.137 e. The van der Waals surface area contributed by atoms with Gasteiger partial charge in [-0.1, -0.05) is 11.6 Å². The summed E-state index contributed by atoms with van der Waals surface area (Å²) < 4.78 is 3.90. The summed E-state index contributed by atoms with van der Waals surface area (Å²) in [6.45, 7) is 5.01. The number of nitrogens with one attached hydrogen (secondary N) is 1. The first-order chi connectivity index (χ1) is 10.1. The molecule has 3 aromatic rings. The minimum Gasteiger partial charge on any atom is -0.306 e. The van der Waals surface area contributed by atoms with Crippen LogP contribution in [-0.4, -0.2) is 25.2 Å². The van der Waals surface area contributed by atoms with Crippen LogP contribution in [-0.2, 0) is 6.54 Å². The lowest BCUT2D eigenvalue weighted by molar-refractivity contribution is 0.364. The van der Waals surface area contributed by atoms with Crippen molar-refractivity contribution in [3.63, 3.8) is 0 Å². The van der Waals surface area contributed by atoms with E-state index in [-0.39, 0.29) is 6.04 Å². The van der Waals surface area contributed by atoms with Crippen LogP contribution in [0.2, 0.25) is 5.02 Å². The summed E-state index contributed by atoms with van der Waals surface area (Å²) in [5.74, 6) is 0. The number of imidazole rings is 1. The molecule has 0 aromatic carbocycles. The third-order valence-corrected chi connectivity index (χ3v) is 3.96. The van der Waals surface area contributed by atoms with Crippen LogP contribution < -0.4 is 5.32 Å². The fourth-order valence-electron chi connectivity index (χ4n) is 2.29. The minimum absolute atomic E-state index is 0.284. The van der Waals surface area contributed by atoms with E-state index >= 15 is 0 Å². The molecule has 2 atom stereocenters. The van der Waals surface area contributed by atoms with Gasteiger partial charge >= 0.3 is 0 Å². The van der Waals surface area contributed by atoms with E-state index in [1.54, 1.807) is 6.20 Å². The highest BCUT2D eigenvalue weighted by Gasteiger charge is 2.14. The smallest absolute Gasteiger partial charge is 0.137 e. The van der Waals surface area contributed by atoms with Crippen molar-refractivity contribution in [2.75, 3.05) is 0 Å². The Morgan fingerprint density at radius 2 is 2.14 bits per heavy atom. The molecule has 0 bridgehead atoms. The van der Waals surface area contributed by atoms with E-state index in [1.165, 1.54) is 0 Å². The fraction of sp³-hybridized carbons (Fsp3) is 0.333. The SMILES string of the molecule is CC(NCc1cn2cc(Cl)ccc2n1)C(C)n1cccn1. The molecule has 0 aliphatic heterocycles. The van der Waals surface area contributed by atoms with Gasteiger partial charge in [0.1, 0.15) is 5.65 Å². The molecule has 0 radical (unpaired) electrons. The Kier molecular flexibility index (Phi) is 3.94. The summed E-state index contributed by atoms with van der Waals surface area (Å²) in [7, 11) is 0. The van der Waals surface area contributed by atoms with Crippen molar-refractivity contribution in [1.29, 1.82) is 0 Å². The van der Waals surface area contributed by atoms with Crippen LogP contribution in [0.1, 0.15) is 25.6 Å². The Morgan fingerprint density at radius 3 is 2.90 bits per heavy atom. The van der Waals surface area contributed by atoms with Crippen LogP contribution in [0.15, 0.2) is 43.0 Å². The third kappa shape index (κ3) is 3.09. The first kappa shape index (κ1) is 14.1. The first-order valence-corrected chi connectivity index (χ1v) is 7.37. The maximum atomic E-state index is 5.98. The normalized spacial score (nSPS) is 14.4. The Balaban J connectivity index is 1.65. The van der Waals surface area contributed by atoms with Gasteiger partial charge in [-0.15, -0.1) is 0 Å². The molecule has 0 aliphatic carbocycles. The maximum absolute atomic E-state index is 5.98. The molecule has 110 valence electrons. The van der Waals surface area contributed by atoms with E-state index < -0.39 is 0 Å². The lowest BCUT2D eigenvalue weighted by Crippen LogP contribution is -2.33. The van der Waals surface area contributed by atoms with Gasteiger partial charge in [0.25, 0.3) is 0 Å². The Labute approximate surface area is 128 Å². The molecule has 2 unspecified atom stereocenters. The zero-order valence-corrected chi connectivity index (χ0v) is 12.8. The van der Waals surface area contributed by atoms with Crippen molar-refractivity contribution in [3.05, 3.63) is 53.7 Å². The van der Waals surface area contributed by atoms with E-state index in [2.05, 4.69) is 29.2 Å². The summed E-state index contributed by atoms with van der Waals surface area (Å²) >= 11 is 5.98. The van der Waals surface area contributed by atoms with Crippen molar-refractivity contribution in [1.82, 2.24) is 24.5 Å². The van der Waals surface area contributed by atoms with Gasteiger partial charge in [-0.3, -0.25) is 4.68 Å². The van der Waals surface area contributed by atoms with Crippen LogP contribution in [0.5, 0.6) is 0 Å². The van der Waals surface area contributed by atoms with E-state index in [9.17, 15) is 0 Å². The molecule has 0 spiro atoms. The molecule has 5 nitrogen and oxygen atoms in total. The topological polar surface area (TPSA) is 47.1 Å².